The van der Waals surface area contributed by atoms with Crippen molar-refractivity contribution < 1.29 is 0 Å². The topological polar surface area (TPSA) is 70.1 Å². The molecule has 8 heteroatoms. The Morgan fingerprint density at radius 3 is 0.828 bits per heavy atom. The van der Waals surface area contributed by atoms with Crippen molar-refractivity contribution in [1.29, 1.82) is 0 Å². The van der Waals surface area contributed by atoms with Gasteiger partial charge in [0.05, 0.1) is 47.0 Å². The van der Waals surface area contributed by atoms with Crippen molar-refractivity contribution in [3.8, 4) is 123 Å². The number of para-hydroxylation sites is 2. The first-order valence-electron chi connectivity index (χ1n) is 41.0. The van der Waals surface area contributed by atoms with Crippen LogP contribution in [0.1, 0.15) is 0 Å². The van der Waals surface area contributed by atoms with E-state index in [4.69, 9.17) is 23.1 Å². The number of pyridine rings is 2. The maximum absolute atomic E-state index is 7.65. The zero-order chi connectivity index (χ0) is 80.9. The van der Waals surface area contributed by atoms with Gasteiger partial charge in [0.1, 0.15) is 0 Å². The summed E-state index contributed by atoms with van der Waals surface area (Å²) in [5.41, 5.74) is 28.3. The van der Waals surface area contributed by atoms with Gasteiger partial charge in [0.2, 0.25) is 0 Å². The lowest BCUT2D eigenvalue weighted by Crippen LogP contribution is -1.96. The predicted octanol–water partition coefficient (Wildman–Crippen LogP) is 30.7. The van der Waals surface area contributed by atoms with Crippen molar-refractivity contribution >= 4 is 120 Å². The molecule has 19 aromatic carbocycles. The largest absolute Gasteiger partial charge is 0.310 e. The quantitative estimate of drug-likeness (QED) is 0.0903. The van der Waals surface area contributed by atoms with Crippen LogP contribution in [0.2, 0.25) is 0 Å². The lowest BCUT2D eigenvalue weighted by molar-refractivity contribution is 1.18. The number of nitrogens with zero attached hydrogens (tertiary/aromatic N) is 8. The first-order valence-corrected chi connectivity index (χ1v) is 41.0. The summed E-state index contributed by atoms with van der Waals surface area (Å²) >= 11 is 0. The molecule has 0 radical (unpaired) electrons. The first-order chi connectivity index (χ1) is 60.3. The third-order valence-corrected chi connectivity index (χ3v) is 24.3. The van der Waals surface area contributed by atoms with Crippen LogP contribution in [0.4, 0.5) is 11.4 Å². The van der Waals surface area contributed by atoms with Crippen LogP contribution in [0.25, 0.3) is 241 Å². The molecule has 0 aliphatic heterocycles. The van der Waals surface area contributed by atoms with E-state index in [9.17, 15) is 0 Å². The fraction of sp³-hybridized carbons (Fsp3) is 0. The summed E-state index contributed by atoms with van der Waals surface area (Å²) in [6.07, 6.45) is 3.69. The normalized spacial score (nSPS) is 11.6. The van der Waals surface area contributed by atoms with E-state index in [2.05, 4.69) is 356 Å². The zero-order valence-corrected chi connectivity index (χ0v) is 65.8. The average molecular weight is 1550 g/mol. The van der Waals surface area contributed by atoms with E-state index in [1.165, 1.54) is 97.7 Å². The molecule has 0 bridgehead atoms. The van der Waals surface area contributed by atoms with E-state index in [1.54, 1.807) is 0 Å². The van der Waals surface area contributed by atoms with Crippen molar-refractivity contribution in [3.63, 3.8) is 0 Å². The van der Waals surface area contributed by atoms with Crippen LogP contribution in [0.5, 0.6) is 0 Å². The van der Waals surface area contributed by atoms with E-state index in [0.717, 1.165) is 128 Å². The second-order valence-electron chi connectivity index (χ2n) is 31.5. The van der Waals surface area contributed by atoms with Gasteiger partial charge in [-0.15, -0.1) is 0 Å². The molecule has 0 amide bonds. The molecule has 0 saturated heterocycles. The molecule has 0 aliphatic carbocycles. The SMILES string of the molecule is [C-]#[N+]c1ccc2c3ccc(-c4ccc(-c5cc6ccc7cc(-c8cc(-c9ccccn9)cc(-c9ccccn9)c8)cc8ccc(c5)c6c78)cc4)cc3n(-c3ccccc3)c2c1.[C-]#[N+]c1ccc2c3ccc(-c4ccc(-c5cc6ccc7cc(-c8nc(-c9ccccc9)cc(-c9ccccc9)n8)cc8ccc(c5)c6c78)cc4)cc3n(-c3ccccc3)c2c1. The summed E-state index contributed by atoms with van der Waals surface area (Å²) < 4.78 is 4.56. The van der Waals surface area contributed by atoms with E-state index in [0.29, 0.717) is 17.2 Å². The van der Waals surface area contributed by atoms with E-state index in [1.807, 2.05) is 85.2 Å². The van der Waals surface area contributed by atoms with E-state index >= 15 is 0 Å². The van der Waals surface area contributed by atoms with Crippen LogP contribution in [-0.4, -0.2) is 29.1 Å². The zero-order valence-electron chi connectivity index (χ0n) is 65.8. The minimum atomic E-state index is 0.637. The number of hydrogen-bond acceptors (Lipinski definition) is 4. The number of rotatable bonds is 12. The van der Waals surface area contributed by atoms with Crippen LogP contribution in [0.3, 0.4) is 0 Å². The third kappa shape index (κ3) is 12.4. The van der Waals surface area contributed by atoms with Gasteiger partial charge >= 0.3 is 0 Å². The predicted molar refractivity (Wildman–Crippen MR) is 507 cm³/mol. The highest BCUT2D eigenvalue weighted by atomic mass is 15.0. The summed E-state index contributed by atoms with van der Waals surface area (Å²) in [5.74, 6) is 0.713. The molecule has 5 aromatic heterocycles. The Balaban J connectivity index is 0.000000142. The van der Waals surface area contributed by atoms with Crippen LogP contribution < -0.4 is 0 Å². The number of hydrogen-bond donors (Lipinski definition) is 0. The van der Waals surface area contributed by atoms with Gasteiger partial charge in [0, 0.05) is 84.2 Å². The highest BCUT2D eigenvalue weighted by Gasteiger charge is 2.22. The van der Waals surface area contributed by atoms with Gasteiger partial charge in [-0.25, -0.2) is 19.7 Å². The van der Waals surface area contributed by atoms with Crippen LogP contribution in [-0.2, 0) is 0 Å². The van der Waals surface area contributed by atoms with Crippen LogP contribution >= 0.6 is 0 Å². The Kier molecular flexibility index (Phi) is 16.9. The van der Waals surface area contributed by atoms with Crippen LogP contribution in [0.15, 0.2) is 413 Å². The summed E-state index contributed by atoms with van der Waals surface area (Å²) in [4.78, 5) is 27.1. The molecular formula is C114H68N8. The van der Waals surface area contributed by atoms with Crippen molar-refractivity contribution in [2.45, 2.75) is 0 Å². The monoisotopic (exact) mass is 1550 g/mol. The van der Waals surface area contributed by atoms with Crippen molar-refractivity contribution in [2.24, 2.45) is 0 Å². The fourth-order valence-corrected chi connectivity index (χ4v) is 18.5. The molecule has 564 valence electrons. The third-order valence-electron chi connectivity index (χ3n) is 24.3. The highest BCUT2D eigenvalue weighted by Crippen LogP contribution is 2.46. The Morgan fingerprint density at radius 1 is 0.197 bits per heavy atom. The lowest BCUT2D eigenvalue weighted by atomic mass is 9.88. The van der Waals surface area contributed by atoms with Gasteiger partial charge in [-0.1, -0.05) is 255 Å². The molecular weight excluding hydrogens is 1480 g/mol. The molecule has 122 heavy (non-hydrogen) atoms. The van der Waals surface area contributed by atoms with Crippen molar-refractivity contribution in [2.75, 3.05) is 0 Å². The molecule has 0 atom stereocenters. The minimum absolute atomic E-state index is 0.637. The molecule has 24 aromatic rings. The summed E-state index contributed by atoms with van der Waals surface area (Å²) in [5, 5.41) is 19.4. The molecule has 0 fully saturated rings. The summed E-state index contributed by atoms with van der Waals surface area (Å²) in [6, 6.07) is 142. The Hall–Kier alpha value is -16.8. The maximum atomic E-state index is 7.65. The van der Waals surface area contributed by atoms with E-state index in [-0.39, 0.29) is 0 Å². The molecule has 0 N–H and O–H groups in total. The molecule has 0 spiro atoms. The number of fused-ring (bicyclic) bond motifs is 6. The van der Waals surface area contributed by atoms with Crippen LogP contribution in [0, 0.1) is 13.1 Å². The molecule has 0 aliphatic rings. The summed E-state index contributed by atoms with van der Waals surface area (Å²) in [6.45, 7) is 15.3. The van der Waals surface area contributed by atoms with Gasteiger partial charge in [-0.3, -0.25) is 9.97 Å². The molecule has 0 saturated carbocycles. The second kappa shape index (κ2) is 29.1. The lowest BCUT2D eigenvalue weighted by Gasteiger charge is -2.16. The van der Waals surface area contributed by atoms with Gasteiger partial charge in [0.15, 0.2) is 17.2 Å². The van der Waals surface area contributed by atoms with Gasteiger partial charge in [-0.2, -0.15) is 0 Å². The molecule has 24 rings (SSSR count). The fourth-order valence-electron chi connectivity index (χ4n) is 18.5. The Morgan fingerprint density at radius 2 is 0.484 bits per heavy atom. The molecule has 0 unspecified atom stereocenters. The maximum Gasteiger partial charge on any atom is 0.189 e. The minimum Gasteiger partial charge on any atom is -0.310 e. The first kappa shape index (κ1) is 70.6. The highest BCUT2D eigenvalue weighted by molar-refractivity contribution is 6.26. The van der Waals surface area contributed by atoms with Gasteiger partial charge in [-0.05, 0) is 266 Å². The smallest absolute Gasteiger partial charge is 0.189 e. The van der Waals surface area contributed by atoms with Gasteiger partial charge in [0.25, 0.3) is 0 Å². The Labute approximate surface area is 703 Å². The number of aromatic nitrogens is 6. The van der Waals surface area contributed by atoms with Crippen molar-refractivity contribution in [1.82, 2.24) is 29.1 Å². The van der Waals surface area contributed by atoms with Crippen molar-refractivity contribution in [3.05, 3.63) is 436 Å². The molecule has 5 heterocycles. The Bertz CT molecular complexity index is 7600. The second-order valence-corrected chi connectivity index (χ2v) is 31.5. The number of benzene rings is 19. The summed E-state index contributed by atoms with van der Waals surface area (Å²) in [7, 11) is 0. The molecule has 8 nitrogen and oxygen atoms in total. The van der Waals surface area contributed by atoms with Gasteiger partial charge < -0.3 is 9.13 Å². The average Bonchev–Trinajstić information content (AvgIpc) is 1.64. The van der Waals surface area contributed by atoms with E-state index < -0.39 is 0 Å². The standard InChI is InChI=1S/2C57H34N4/c1-58-47-26-28-50-49-27-25-40(33-53(49)61(54(50)34-47)48-15-9-4-10-16-48)36-17-19-37(20-18-36)45-29-41-21-23-43-31-46(32-44-24-22-42(30-45)55(41)56(43)44)57-59-51(38-11-5-2-6-12-38)35-52(60-57)39-13-7-3-8-14-39;1-58-48-22-24-51-50-23-21-38(34-54(50)61(55(51)35-48)49-9-3-2-4-10-49)36-13-15-37(16-14-36)43-27-39-17-19-41-29-44(30-42-20-18-40(28-43)56(39)57(41)42)45-31-46(52-11-5-7-25-59-52)33-47(32-45)53-12-6-8-26-60-53/h2*2-35H.